The van der Waals surface area contributed by atoms with Crippen molar-refractivity contribution in [2.45, 2.75) is 13.8 Å². The van der Waals surface area contributed by atoms with Crippen molar-refractivity contribution in [2.75, 3.05) is 9.80 Å². The first-order valence-corrected chi connectivity index (χ1v) is 21.6. The number of hydrogen-bond acceptors (Lipinski definition) is 3. The number of para-hydroxylation sites is 3. The van der Waals surface area contributed by atoms with E-state index in [-0.39, 0.29) is 0 Å². The standard InChI is InChI=1S/C60H44N2O/c1-41-31-32-47(61(45-23-11-5-12-24-45)46-25-13-6-14-26-46)38-55(41)60-42(2)37-57(51-27-15-16-29-54(51)60)62(49-34-36-53-52-28-17-18-30-58(52)63-59(53)40-49)48-33-35-50(43-19-7-3-8-20-43)56(39-48)44-21-9-4-10-22-44/h3-40H,1-2H3. The second-order valence-electron chi connectivity index (χ2n) is 16.2. The summed E-state index contributed by atoms with van der Waals surface area (Å²) in [5.41, 5.74) is 17.8. The summed E-state index contributed by atoms with van der Waals surface area (Å²) < 4.78 is 6.55. The van der Waals surface area contributed by atoms with Crippen molar-refractivity contribution < 1.29 is 4.42 Å². The highest BCUT2D eigenvalue weighted by molar-refractivity contribution is 6.10. The Labute approximate surface area is 368 Å². The fourth-order valence-corrected chi connectivity index (χ4v) is 9.33. The second kappa shape index (κ2) is 16.0. The SMILES string of the molecule is Cc1ccc(N(c2ccccc2)c2ccccc2)cc1-c1c(C)cc(N(c2ccc(-c3ccccc3)c(-c3ccccc3)c2)c2ccc3c(c2)oc2ccccc23)c2ccccc12. The zero-order valence-corrected chi connectivity index (χ0v) is 35.2. The topological polar surface area (TPSA) is 19.6 Å². The van der Waals surface area contributed by atoms with Crippen LogP contribution in [0.2, 0.25) is 0 Å². The maximum atomic E-state index is 6.55. The average Bonchev–Trinajstić information content (AvgIpc) is 3.72. The van der Waals surface area contributed by atoms with Crippen LogP contribution in [0.4, 0.5) is 34.1 Å². The highest BCUT2D eigenvalue weighted by Gasteiger charge is 2.23. The molecule has 3 nitrogen and oxygen atoms in total. The Bertz CT molecular complexity index is 3370. The largest absolute Gasteiger partial charge is 0.456 e. The van der Waals surface area contributed by atoms with Crippen molar-refractivity contribution in [1.29, 1.82) is 0 Å². The summed E-state index contributed by atoms with van der Waals surface area (Å²) in [5, 5.41) is 4.57. The van der Waals surface area contributed by atoms with Crippen LogP contribution in [-0.2, 0) is 0 Å². The van der Waals surface area contributed by atoms with Crippen LogP contribution in [-0.4, -0.2) is 0 Å². The van der Waals surface area contributed by atoms with E-state index in [1.807, 2.05) is 12.1 Å². The Balaban J connectivity index is 1.14. The van der Waals surface area contributed by atoms with Gasteiger partial charge in [-0.15, -0.1) is 0 Å². The van der Waals surface area contributed by atoms with Gasteiger partial charge >= 0.3 is 0 Å². The smallest absolute Gasteiger partial charge is 0.137 e. The molecule has 0 saturated heterocycles. The zero-order valence-electron chi connectivity index (χ0n) is 35.2. The summed E-state index contributed by atoms with van der Waals surface area (Å²) in [6.07, 6.45) is 0. The van der Waals surface area contributed by atoms with Crippen LogP contribution in [0, 0.1) is 13.8 Å². The van der Waals surface area contributed by atoms with Crippen molar-refractivity contribution in [2.24, 2.45) is 0 Å². The maximum Gasteiger partial charge on any atom is 0.137 e. The van der Waals surface area contributed by atoms with E-state index in [1.165, 1.54) is 44.3 Å². The minimum atomic E-state index is 0.856. The quantitative estimate of drug-likeness (QED) is 0.145. The number of benzene rings is 10. The lowest BCUT2D eigenvalue weighted by Crippen LogP contribution is -2.12. The van der Waals surface area contributed by atoms with E-state index < -0.39 is 0 Å². The van der Waals surface area contributed by atoms with Crippen molar-refractivity contribution in [3.63, 3.8) is 0 Å². The lowest BCUT2D eigenvalue weighted by Gasteiger charge is -2.30. The Morgan fingerprint density at radius 1 is 0.302 bits per heavy atom. The zero-order chi connectivity index (χ0) is 42.3. The molecule has 1 aromatic heterocycles. The monoisotopic (exact) mass is 808 g/mol. The van der Waals surface area contributed by atoms with E-state index in [0.29, 0.717) is 0 Å². The normalized spacial score (nSPS) is 11.3. The minimum absolute atomic E-state index is 0.856. The molecule has 0 bridgehead atoms. The molecule has 0 amide bonds. The van der Waals surface area contributed by atoms with Gasteiger partial charge in [0.2, 0.25) is 0 Å². The van der Waals surface area contributed by atoms with Crippen molar-refractivity contribution >= 4 is 66.8 Å². The molecule has 0 radical (unpaired) electrons. The molecule has 1 heterocycles. The third kappa shape index (κ3) is 6.90. The van der Waals surface area contributed by atoms with Gasteiger partial charge in [0, 0.05) is 50.7 Å². The predicted molar refractivity (Wildman–Crippen MR) is 266 cm³/mol. The fourth-order valence-electron chi connectivity index (χ4n) is 9.33. The number of furan rings is 1. The molecular formula is C60H44N2O. The van der Waals surface area contributed by atoms with Crippen LogP contribution in [0.3, 0.4) is 0 Å². The third-order valence-corrected chi connectivity index (χ3v) is 12.3. The van der Waals surface area contributed by atoms with Gasteiger partial charge in [-0.05, 0) is 137 Å². The van der Waals surface area contributed by atoms with E-state index >= 15 is 0 Å². The maximum absolute atomic E-state index is 6.55. The van der Waals surface area contributed by atoms with Crippen molar-refractivity contribution in [3.05, 3.63) is 242 Å². The number of fused-ring (bicyclic) bond motifs is 4. The Morgan fingerprint density at radius 2 is 0.794 bits per heavy atom. The van der Waals surface area contributed by atoms with Gasteiger partial charge in [0.05, 0.1) is 5.69 Å². The summed E-state index contributed by atoms with van der Waals surface area (Å²) in [4.78, 5) is 4.76. The first-order chi connectivity index (χ1) is 31.1. The molecular weight excluding hydrogens is 765 g/mol. The first kappa shape index (κ1) is 37.8. The molecule has 0 spiro atoms. The molecule has 10 aromatic carbocycles. The van der Waals surface area contributed by atoms with Gasteiger partial charge in [0.15, 0.2) is 0 Å². The summed E-state index contributed by atoms with van der Waals surface area (Å²) in [6.45, 7) is 4.49. The van der Waals surface area contributed by atoms with Gasteiger partial charge in [-0.3, -0.25) is 0 Å². The Hall–Kier alpha value is -8.14. The minimum Gasteiger partial charge on any atom is -0.456 e. The van der Waals surface area contributed by atoms with Gasteiger partial charge in [0.1, 0.15) is 11.2 Å². The highest BCUT2D eigenvalue weighted by atomic mass is 16.3. The molecule has 0 unspecified atom stereocenters. The van der Waals surface area contributed by atoms with Crippen molar-refractivity contribution in [3.8, 4) is 33.4 Å². The van der Waals surface area contributed by atoms with Crippen LogP contribution in [0.15, 0.2) is 235 Å². The van der Waals surface area contributed by atoms with Gasteiger partial charge in [-0.2, -0.15) is 0 Å². The van der Waals surface area contributed by atoms with E-state index in [1.54, 1.807) is 0 Å². The number of anilines is 6. The Kier molecular flexibility index (Phi) is 9.63. The number of rotatable bonds is 9. The van der Waals surface area contributed by atoms with Crippen LogP contribution in [0.25, 0.3) is 66.1 Å². The van der Waals surface area contributed by atoms with E-state index in [9.17, 15) is 0 Å². The molecule has 0 atom stereocenters. The molecule has 0 fully saturated rings. The van der Waals surface area contributed by atoms with E-state index in [0.717, 1.165) is 67.0 Å². The summed E-state index contributed by atoms with van der Waals surface area (Å²) in [6, 6.07) is 82.7. The fraction of sp³-hybridized carbons (Fsp3) is 0.0333. The molecule has 11 rings (SSSR count). The van der Waals surface area contributed by atoms with Crippen LogP contribution in [0.1, 0.15) is 11.1 Å². The van der Waals surface area contributed by atoms with E-state index in [4.69, 9.17) is 4.42 Å². The highest BCUT2D eigenvalue weighted by Crippen LogP contribution is 2.48. The van der Waals surface area contributed by atoms with Gasteiger partial charge in [-0.1, -0.05) is 152 Å². The number of aryl methyl sites for hydroxylation is 2. The van der Waals surface area contributed by atoms with Crippen LogP contribution >= 0.6 is 0 Å². The van der Waals surface area contributed by atoms with Crippen LogP contribution < -0.4 is 9.80 Å². The van der Waals surface area contributed by atoms with E-state index in [2.05, 4.69) is 242 Å². The second-order valence-corrected chi connectivity index (χ2v) is 16.2. The lowest BCUT2D eigenvalue weighted by molar-refractivity contribution is 0.669. The number of hydrogen-bond donors (Lipinski definition) is 0. The van der Waals surface area contributed by atoms with Crippen LogP contribution in [0.5, 0.6) is 0 Å². The van der Waals surface area contributed by atoms with Gasteiger partial charge < -0.3 is 14.2 Å². The molecule has 0 aliphatic carbocycles. The molecule has 0 aliphatic heterocycles. The molecule has 11 aromatic rings. The molecule has 0 N–H and O–H groups in total. The predicted octanol–water partition coefficient (Wildman–Crippen LogP) is 17.3. The first-order valence-electron chi connectivity index (χ1n) is 21.6. The molecule has 3 heteroatoms. The molecule has 0 saturated carbocycles. The number of nitrogens with zero attached hydrogens (tertiary/aromatic N) is 2. The van der Waals surface area contributed by atoms with Crippen molar-refractivity contribution in [1.82, 2.24) is 0 Å². The third-order valence-electron chi connectivity index (χ3n) is 12.3. The summed E-state index contributed by atoms with van der Waals surface area (Å²) in [5.74, 6) is 0. The summed E-state index contributed by atoms with van der Waals surface area (Å²) in [7, 11) is 0. The lowest BCUT2D eigenvalue weighted by atomic mass is 9.89. The molecule has 0 aliphatic rings. The Morgan fingerprint density at radius 3 is 1.48 bits per heavy atom. The average molecular weight is 809 g/mol. The van der Waals surface area contributed by atoms with Gasteiger partial charge in [0.25, 0.3) is 0 Å². The van der Waals surface area contributed by atoms with Gasteiger partial charge in [-0.25, -0.2) is 0 Å². The summed E-state index contributed by atoms with van der Waals surface area (Å²) >= 11 is 0. The molecule has 300 valence electrons. The molecule has 63 heavy (non-hydrogen) atoms.